The smallest absolute Gasteiger partial charge is 0.375 e. The molecule has 2 aliphatic rings. The molecule has 0 N–H and O–H groups in total. The minimum Gasteiger partial charge on any atom is -0.375 e. The van der Waals surface area contributed by atoms with Crippen LogP contribution in [0.25, 0.3) is 0 Å². The summed E-state index contributed by atoms with van der Waals surface area (Å²) >= 11 is 0. The van der Waals surface area contributed by atoms with E-state index in [0.29, 0.717) is 13.1 Å². The Hall–Kier alpha value is -0.290. The predicted octanol–water partition coefficient (Wildman–Crippen LogP) is 3.86. The Labute approximate surface area is 119 Å². The van der Waals surface area contributed by atoms with E-state index >= 15 is 0 Å². The molecule has 0 radical (unpaired) electrons. The minimum absolute atomic E-state index is 0.140. The summed E-state index contributed by atoms with van der Waals surface area (Å²) in [5, 5.41) is 0. The number of likely N-dealkylation sites (tertiary alicyclic amines) is 1. The standard InChI is InChI=1S/C15H26F3NO/c1-13(2,3)20-11-14(6-7-14)10-19-8-4-12(5-9-19)15(16,17)18/h12H,4-11H2,1-3H3. The second-order valence-corrected chi connectivity index (χ2v) is 7.49. The zero-order valence-electron chi connectivity index (χ0n) is 12.7. The molecule has 1 saturated carbocycles. The van der Waals surface area contributed by atoms with Crippen LogP contribution in [0.3, 0.4) is 0 Å². The number of piperidine rings is 1. The monoisotopic (exact) mass is 293 g/mol. The first-order valence-electron chi connectivity index (χ1n) is 7.53. The summed E-state index contributed by atoms with van der Waals surface area (Å²) in [4.78, 5) is 2.20. The average Bonchev–Trinajstić information content (AvgIpc) is 3.06. The molecular weight excluding hydrogens is 267 g/mol. The molecule has 0 bridgehead atoms. The summed E-state index contributed by atoms with van der Waals surface area (Å²) in [5.74, 6) is -1.10. The van der Waals surface area contributed by atoms with Crippen molar-refractivity contribution >= 4 is 0 Å². The van der Waals surface area contributed by atoms with Gasteiger partial charge in [-0.3, -0.25) is 0 Å². The summed E-state index contributed by atoms with van der Waals surface area (Å²) in [6.45, 7) is 8.89. The molecule has 0 aromatic carbocycles. The Morgan fingerprint density at radius 3 is 2.05 bits per heavy atom. The lowest BCUT2D eigenvalue weighted by atomic mass is 9.95. The lowest BCUT2D eigenvalue weighted by Crippen LogP contribution is -2.42. The van der Waals surface area contributed by atoms with Crippen molar-refractivity contribution in [1.29, 1.82) is 0 Å². The molecule has 0 aromatic heterocycles. The van der Waals surface area contributed by atoms with Crippen molar-refractivity contribution in [2.24, 2.45) is 11.3 Å². The average molecular weight is 293 g/mol. The van der Waals surface area contributed by atoms with Gasteiger partial charge in [0, 0.05) is 12.0 Å². The van der Waals surface area contributed by atoms with Gasteiger partial charge in [0.05, 0.1) is 18.1 Å². The molecule has 0 unspecified atom stereocenters. The van der Waals surface area contributed by atoms with E-state index < -0.39 is 12.1 Å². The van der Waals surface area contributed by atoms with Crippen LogP contribution >= 0.6 is 0 Å². The second kappa shape index (κ2) is 5.48. The number of rotatable bonds is 4. The van der Waals surface area contributed by atoms with Crippen molar-refractivity contribution in [2.75, 3.05) is 26.2 Å². The summed E-state index contributed by atoms with van der Waals surface area (Å²) in [6.07, 6.45) is -1.23. The molecule has 1 aliphatic carbocycles. The van der Waals surface area contributed by atoms with Gasteiger partial charge in [-0.1, -0.05) is 0 Å². The minimum atomic E-state index is -4.02. The van der Waals surface area contributed by atoms with Crippen molar-refractivity contribution in [3.8, 4) is 0 Å². The Balaban J connectivity index is 1.75. The second-order valence-electron chi connectivity index (χ2n) is 7.49. The molecule has 2 nitrogen and oxygen atoms in total. The summed E-state index contributed by atoms with van der Waals surface area (Å²) < 4.78 is 43.8. The number of hydrogen-bond acceptors (Lipinski definition) is 2. The predicted molar refractivity (Wildman–Crippen MR) is 72.6 cm³/mol. The molecule has 0 spiro atoms. The molecule has 0 amide bonds. The van der Waals surface area contributed by atoms with Gasteiger partial charge in [0.2, 0.25) is 0 Å². The molecule has 0 atom stereocenters. The fraction of sp³-hybridized carbons (Fsp3) is 1.00. The molecule has 1 saturated heterocycles. The van der Waals surface area contributed by atoms with Crippen LogP contribution in [0.1, 0.15) is 46.5 Å². The highest BCUT2D eigenvalue weighted by atomic mass is 19.4. The first-order chi connectivity index (χ1) is 9.10. The maximum Gasteiger partial charge on any atom is 0.391 e. The molecule has 5 heteroatoms. The maximum atomic E-state index is 12.6. The van der Waals surface area contributed by atoms with Crippen molar-refractivity contribution in [3.05, 3.63) is 0 Å². The van der Waals surface area contributed by atoms with Gasteiger partial charge in [0.25, 0.3) is 0 Å². The molecule has 1 aliphatic heterocycles. The van der Waals surface area contributed by atoms with Crippen molar-refractivity contribution < 1.29 is 17.9 Å². The van der Waals surface area contributed by atoms with E-state index in [2.05, 4.69) is 4.90 Å². The molecular formula is C15H26F3NO. The first-order valence-corrected chi connectivity index (χ1v) is 7.53. The lowest BCUT2D eigenvalue weighted by molar-refractivity contribution is -0.185. The van der Waals surface area contributed by atoms with Gasteiger partial charge < -0.3 is 9.64 Å². The van der Waals surface area contributed by atoms with Crippen molar-refractivity contribution in [2.45, 2.75) is 58.2 Å². The third-order valence-corrected chi connectivity index (χ3v) is 4.38. The number of alkyl halides is 3. The van der Waals surface area contributed by atoms with Gasteiger partial charge in [0.15, 0.2) is 0 Å². The molecule has 20 heavy (non-hydrogen) atoms. The Morgan fingerprint density at radius 2 is 1.65 bits per heavy atom. The SMILES string of the molecule is CC(C)(C)OCC1(CN2CCC(C(F)(F)F)CC2)CC1. The maximum absolute atomic E-state index is 12.6. The molecule has 2 fully saturated rings. The van der Waals surface area contributed by atoms with Crippen LogP contribution < -0.4 is 0 Å². The van der Waals surface area contributed by atoms with Gasteiger partial charge in [-0.05, 0) is 59.5 Å². The third-order valence-electron chi connectivity index (χ3n) is 4.38. The number of nitrogens with zero attached hydrogens (tertiary/aromatic N) is 1. The van der Waals surface area contributed by atoms with E-state index in [-0.39, 0.29) is 23.9 Å². The van der Waals surface area contributed by atoms with E-state index in [0.717, 1.165) is 26.0 Å². The Morgan fingerprint density at radius 1 is 1.10 bits per heavy atom. The van der Waals surface area contributed by atoms with Crippen molar-refractivity contribution in [3.63, 3.8) is 0 Å². The number of ether oxygens (including phenoxy) is 1. The fourth-order valence-corrected chi connectivity index (χ4v) is 2.79. The van der Waals surface area contributed by atoms with Gasteiger partial charge >= 0.3 is 6.18 Å². The van der Waals surface area contributed by atoms with Gasteiger partial charge in [-0.25, -0.2) is 0 Å². The highest BCUT2D eigenvalue weighted by molar-refractivity contribution is 4.97. The van der Waals surface area contributed by atoms with E-state index in [4.69, 9.17) is 4.74 Å². The quantitative estimate of drug-likeness (QED) is 0.780. The van der Waals surface area contributed by atoms with Crippen LogP contribution in [0, 0.1) is 11.3 Å². The summed E-state index contributed by atoms with van der Waals surface area (Å²) in [6, 6.07) is 0. The number of halogens is 3. The van der Waals surface area contributed by atoms with Gasteiger partial charge in [0.1, 0.15) is 0 Å². The molecule has 0 aromatic rings. The fourth-order valence-electron chi connectivity index (χ4n) is 2.79. The molecule has 1 heterocycles. The Kier molecular flexibility index (Phi) is 4.41. The Bertz CT molecular complexity index is 323. The van der Waals surface area contributed by atoms with Crippen LogP contribution in [0.15, 0.2) is 0 Å². The highest BCUT2D eigenvalue weighted by Gasteiger charge is 2.47. The molecule has 118 valence electrons. The number of hydrogen-bond donors (Lipinski definition) is 0. The van der Waals surface area contributed by atoms with Gasteiger partial charge in [-0.15, -0.1) is 0 Å². The van der Waals surface area contributed by atoms with Crippen LogP contribution in [0.4, 0.5) is 13.2 Å². The summed E-state index contributed by atoms with van der Waals surface area (Å²) in [5.41, 5.74) is 0.0667. The summed E-state index contributed by atoms with van der Waals surface area (Å²) in [7, 11) is 0. The first kappa shape index (κ1) is 16.1. The lowest BCUT2D eigenvalue weighted by Gasteiger charge is -2.35. The zero-order valence-corrected chi connectivity index (χ0v) is 12.7. The van der Waals surface area contributed by atoms with Crippen LogP contribution in [0.5, 0.6) is 0 Å². The van der Waals surface area contributed by atoms with Gasteiger partial charge in [-0.2, -0.15) is 13.2 Å². The topological polar surface area (TPSA) is 12.5 Å². The largest absolute Gasteiger partial charge is 0.391 e. The van der Waals surface area contributed by atoms with Crippen LogP contribution in [-0.2, 0) is 4.74 Å². The zero-order chi connectivity index (χ0) is 15.0. The third kappa shape index (κ3) is 4.62. The molecule has 2 rings (SSSR count). The van der Waals surface area contributed by atoms with Crippen LogP contribution in [-0.4, -0.2) is 42.9 Å². The van der Waals surface area contributed by atoms with E-state index in [1.54, 1.807) is 0 Å². The van der Waals surface area contributed by atoms with Crippen LogP contribution in [0.2, 0.25) is 0 Å². The van der Waals surface area contributed by atoms with E-state index in [1.807, 2.05) is 20.8 Å². The van der Waals surface area contributed by atoms with E-state index in [1.165, 1.54) is 0 Å². The van der Waals surface area contributed by atoms with Crippen molar-refractivity contribution in [1.82, 2.24) is 4.90 Å². The normalized spacial score (nSPS) is 24.9. The van der Waals surface area contributed by atoms with E-state index in [9.17, 15) is 13.2 Å². The highest BCUT2D eigenvalue weighted by Crippen LogP contribution is 2.48.